The van der Waals surface area contributed by atoms with Crippen molar-refractivity contribution in [3.05, 3.63) is 44.7 Å². The number of rotatable bonds is 3. The fourth-order valence-corrected chi connectivity index (χ4v) is 2.11. The van der Waals surface area contributed by atoms with Gasteiger partial charge in [-0.2, -0.15) is 4.39 Å². The van der Waals surface area contributed by atoms with E-state index in [0.29, 0.717) is 17.2 Å². The second-order valence-electron chi connectivity index (χ2n) is 4.61. The largest absolute Gasteiger partial charge is 0.510 e. The number of hydrogen-bond donors (Lipinski definition) is 4. The fourth-order valence-electron chi connectivity index (χ4n) is 2.11. The van der Waals surface area contributed by atoms with Crippen LogP contribution in [0.2, 0.25) is 0 Å². The SMILES string of the molecule is CCC=C(O)[C@H]1O[C@@H](n2cc(F)c(=O)[nH]c2=O)[C@H](O)[C@@H]1O. The number of allylic oxidation sites excluding steroid dienone is 1. The van der Waals surface area contributed by atoms with Crippen LogP contribution in [0.1, 0.15) is 19.6 Å². The highest BCUT2D eigenvalue weighted by Gasteiger charge is 2.46. The van der Waals surface area contributed by atoms with E-state index in [4.69, 9.17) is 4.74 Å². The van der Waals surface area contributed by atoms with Crippen LogP contribution in [-0.2, 0) is 4.74 Å². The Labute approximate surface area is 117 Å². The third-order valence-corrected chi connectivity index (χ3v) is 3.14. The van der Waals surface area contributed by atoms with Crippen molar-refractivity contribution in [2.75, 3.05) is 0 Å². The normalized spacial score (nSPS) is 29.8. The molecule has 21 heavy (non-hydrogen) atoms. The van der Waals surface area contributed by atoms with E-state index in [0.717, 1.165) is 0 Å². The quantitative estimate of drug-likeness (QED) is 0.539. The Morgan fingerprint density at radius 1 is 1.48 bits per heavy atom. The molecule has 1 aromatic rings. The fraction of sp³-hybridized carbons (Fsp3) is 0.500. The van der Waals surface area contributed by atoms with Crippen LogP contribution >= 0.6 is 0 Å². The highest BCUT2D eigenvalue weighted by molar-refractivity contribution is 5.07. The summed E-state index contributed by atoms with van der Waals surface area (Å²) in [7, 11) is 0. The van der Waals surface area contributed by atoms with Gasteiger partial charge in [-0.15, -0.1) is 0 Å². The molecule has 2 heterocycles. The van der Waals surface area contributed by atoms with Gasteiger partial charge in [0.2, 0.25) is 5.82 Å². The molecule has 0 radical (unpaired) electrons. The van der Waals surface area contributed by atoms with Crippen molar-refractivity contribution >= 4 is 0 Å². The summed E-state index contributed by atoms with van der Waals surface area (Å²) >= 11 is 0. The molecule has 8 nitrogen and oxygen atoms in total. The van der Waals surface area contributed by atoms with Gasteiger partial charge in [-0.1, -0.05) is 6.92 Å². The lowest BCUT2D eigenvalue weighted by Gasteiger charge is -2.16. The number of H-pyrrole nitrogens is 1. The molecular formula is C12H15FN2O6. The second-order valence-corrected chi connectivity index (χ2v) is 4.61. The molecule has 0 saturated carbocycles. The Bertz CT molecular complexity index is 666. The Balaban J connectivity index is 2.38. The van der Waals surface area contributed by atoms with Crippen molar-refractivity contribution in [2.45, 2.75) is 37.9 Å². The minimum absolute atomic E-state index is 0.301. The van der Waals surface area contributed by atoms with E-state index >= 15 is 0 Å². The lowest BCUT2D eigenvalue weighted by Crippen LogP contribution is -2.38. The van der Waals surface area contributed by atoms with Crippen molar-refractivity contribution < 1.29 is 24.4 Å². The van der Waals surface area contributed by atoms with Crippen molar-refractivity contribution in [3.8, 4) is 0 Å². The first-order valence-electron chi connectivity index (χ1n) is 6.28. The molecule has 0 unspecified atom stereocenters. The highest BCUT2D eigenvalue weighted by atomic mass is 19.1. The molecule has 0 aliphatic carbocycles. The van der Waals surface area contributed by atoms with Crippen LogP contribution in [0.4, 0.5) is 4.39 Å². The molecule has 4 N–H and O–H groups in total. The minimum atomic E-state index is -1.58. The molecule has 0 spiro atoms. The van der Waals surface area contributed by atoms with Crippen molar-refractivity contribution in [2.24, 2.45) is 0 Å². The van der Waals surface area contributed by atoms with Gasteiger partial charge in [-0.05, 0) is 12.5 Å². The van der Waals surface area contributed by atoms with Crippen LogP contribution < -0.4 is 11.2 Å². The average molecular weight is 302 g/mol. The number of aromatic nitrogens is 2. The molecule has 116 valence electrons. The third kappa shape index (κ3) is 2.75. The maximum absolute atomic E-state index is 13.2. The molecule has 1 saturated heterocycles. The van der Waals surface area contributed by atoms with Gasteiger partial charge < -0.3 is 20.1 Å². The van der Waals surface area contributed by atoms with Crippen LogP contribution in [0.15, 0.2) is 27.6 Å². The summed E-state index contributed by atoms with van der Waals surface area (Å²) in [4.78, 5) is 24.3. The molecule has 0 bridgehead atoms. The van der Waals surface area contributed by atoms with E-state index in [1.54, 1.807) is 11.9 Å². The van der Waals surface area contributed by atoms with E-state index in [-0.39, 0.29) is 5.76 Å². The maximum Gasteiger partial charge on any atom is 0.330 e. The monoisotopic (exact) mass is 302 g/mol. The molecule has 4 atom stereocenters. The molecular weight excluding hydrogens is 287 g/mol. The van der Waals surface area contributed by atoms with Crippen molar-refractivity contribution in [1.82, 2.24) is 9.55 Å². The van der Waals surface area contributed by atoms with Gasteiger partial charge in [0.1, 0.15) is 24.1 Å². The number of aromatic amines is 1. The number of aliphatic hydroxyl groups is 3. The zero-order valence-electron chi connectivity index (χ0n) is 11.1. The molecule has 2 rings (SSSR count). The molecule has 1 aliphatic heterocycles. The van der Waals surface area contributed by atoms with Crippen LogP contribution in [0, 0.1) is 5.82 Å². The third-order valence-electron chi connectivity index (χ3n) is 3.14. The predicted molar refractivity (Wildman–Crippen MR) is 68.2 cm³/mol. The Morgan fingerprint density at radius 2 is 2.14 bits per heavy atom. The van der Waals surface area contributed by atoms with E-state index < -0.39 is 41.6 Å². The maximum atomic E-state index is 13.2. The second kappa shape index (κ2) is 5.80. The summed E-state index contributed by atoms with van der Waals surface area (Å²) < 4.78 is 19.1. The van der Waals surface area contributed by atoms with Crippen molar-refractivity contribution in [1.29, 1.82) is 0 Å². The first-order chi connectivity index (χ1) is 9.86. The van der Waals surface area contributed by atoms with Gasteiger partial charge in [0, 0.05) is 0 Å². The van der Waals surface area contributed by atoms with E-state index in [2.05, 4.69) is 0 Å². The van der Waals surface area contributed by atoms with E-state index in [1.165, 1.54) is 6.08 Å². The van der Waals surface area contributed by atoms with Crippen molar-refractivity contribution in [3.63, 3.8) is 0 Å². The van der Waals surface area contributed by atoms with Crippen LogP contribution in [0.25, 0.3) is 0 Å². The number of nitrogens with zero attached hydrogens (tertiary/aromatic N) is 1. The van der Waals surface area contributed by atoms with Gasteiger partial charge in [0.05, 0.1) is 6.20 Å². The van der Waals surface area contributed by atoms with Gasteiger partial charge >= 0.3 is 5.69 Å². The number of ether oxygens (including phenoxy) is 1. The summed E-state index contributed by atoms with van der Waals surface area (Å²) in [6, 6.07) is 0. The zero-order valence-corrected chi connectivity index (χ0v) is 11.1. The lowest BCUT2D eigenvalue weighted by molar-refractivity contribution is -0.0396. The zero-order chi connectivity index (χ0) is 15.7. The highest BCUT2D eigenvalue weighted by Crippen LogP contribution is 2.31. The standard InChI is InChI=1S/C12H15FN2O6/c1-2-3-6(16)9-7(17)8(18)11(21-9)15-4-5(13)10(19)14-12(15)20/h3-4,7-9,11,16-18H,2H2,1H3,(H,14,19,20)/t7-,8+,9+,11+/m0/s1. The molecule has 1 aliphatic rings. The Kier molecular flexibility index (Phi) is 4.26. The van der Waals surface area contributed by atoms with Gasteiger partial charge in [0.15, 0.2) is 6.23 Å². The Hall–Kier alpha value is -1.97. The van der Waals surface area contributed by atoms with Crippen LogP contribution in [0.3, 0.4) is 0 Å². The average Bonchev–Trinajstić information content (AvgIpc) is 2.71. The smallest absolute Gasteiger partial charge is 0.330 e. The first kappa shape index (κ1) is 15.4. The van der Waals surface area contributed by atoms with Gasteiger partial charge in [0.25, 0.3) is 5.56 Å². The summed E-state index contributed by atoms with van der Waals surface area (Å²) in [5.41, 5.74) is -2.20. The van der Waals surface area contributed by atoms with E-state index in [9.17, 15) is 29.3 Å². The lowest BCUT2D eigenvalue weighted by atomic mass is 10.1. The summed E-state index contributed by atoms with van der Waals surface area (Å²) in [5.74, 6) is -1.54. The molecule has 0 aromatic carbocycles. The molecule has 1 fully saturated rings. The summed E-state index contributed by atoms with van der Waals surface area (Å²) in [6.45, 7) is 1.74. The molecule has 0 amide bonds. The van der Waals surface area contributed by atoms with Gasteiger partial charge in [-0.25, -0.2) is 4.79 Å². The molecule has 9 heteroatoms. The topological polar surface area (TPSA) is 125 Å². The number of hydrogen-bond acceptors (Lipinski definition) is 6. The summed E-state index contributed by atoms with van der Waals surface area (Å²) in [6.07, 6.45) is -3.34. The Morgan fingerprint density at radius 3 is 2.76 bits per heavy atom. The minimum Gasteiger partial charge on any atom is -0.510 e. The van der Waals surface area contributed by atoms with E-state index in [1.807, 2.05) is 0 Å². The van der Waals surface area contributed by atoms with Crippen LogP contribution in [-0.4, -0.2) is 43.2 Å². The summed E-state index contributed by atoms with van der Waals surface area (Å²) in [5, 5.41) is 29.5. The number of nitrogens with one attached hydrogen (secondary N) is 1. The predicted octanol–water partition coefficient (Wildman–Crippen LogP) is -0.853. The number of aliphatic hydroxyl groups excluding tert-OH is 3. The first-order valence-corrected chi connectivity index (χ1v) is 6.28. The number of halogens is 1. The van der Waals surface area contributed by atoms with Crippen LogP contribution in [0.5, 0.6) is 0 Å². The van der Waals surface area contributed by atoms with Gasteiger partial charge in [-0.3, -0.25) is 14.3 Å². The molecule has 1 aromatic heterocycles.